The van der Waals surface area contributed by atoms with E-state index < -0.39 is 35.5 Å². The molecular weight excluding hydrogens is 392 g/mol. The van der Waals surface area contributed by atoms with Crippen LogP contribution in [0.25, 0.3) is 0 Å². The molecule has 3 N–H and O–H groups in total. The van der Waals surface area contributed by atoms with E-state index in [1.54, 1.807) is 24.3 Å². The first kappa shape index (κ1) is 20.9. The molecule has 2 saturated carbocycles. The molecule has 2 atom stereocenters. The van der Waals surface area contributed by atoms with Gasteiger partial charge in [-0.25, -0.2) is 13.6 Å². The van der Waals surface area contributed by atoms with Gasteiger partial charge in [-0.1, -0.05) is 24.6 Å². The van der Waals surface area contributed by atoms with Gasteiger partial charge in [-0.2, -0.15) is 0 Å². The van der Waals surface area contributed by atoms with E-state index in [1.807, 2.05) is 0 Å². The van der Waals surface area contributed by atoms with Crippen LogP contribution in [-0.2, 0) is 16.9 Å². The second-order valence-corrected chi connectivity index (χ2v) is 8.27. The molecule has 0 saturated heterocycles. The van der Waals surface area contributed by atoms with Crippen molar-refractivity contribution in [3.63, 3.8) is 0 Å². The van der Waals surface area contributed by atoms with E-state index in [1.165, 1.54) is 6.07 Å². The number of halogens is 2. The Morgan fingerprint density at radius 2 is 1.83 bits per heavy atom. The summed E-state index contributed by atoms with van der Waals surface area (Å²) in [6.07, 6.45) is 3.23. The lowest BCUT2D eigenvalue weighted by molar-refractivity contribution is -0.109. The van der Waals surface area contributed by atoms with Crippen molar-refractivity contribution in [3.05, 3.63) is 70.8 Å². The summed E-state index contributed by atoms with van der Waals surface area (Å²) in [5.41, 5.74) is 1.26. The number of aliphatic hydroxyl groups excluding tert-OH is 1. The summed E-state index contributed by atoms with van der Waals surface area (Å²) in [6, 6.07) is 10.3. The monoisotopic (exact) mass is 417 g/mol. The molecule has 2 aliphatic rings. The summed E-state index contributed by atoms with van der Waals surface area (Å²) in [6.45, 7) is 0.0808. The summed E-state index contributed by atoms with van der Waals surface area (Å²) >= 11 is 0. The molecule has 160 valence electrons. The van der Waals surface area contributed by atoms with Gasteiger partial charge in [-0.15, -0.1) is 0 Å². The molecule has 0 aromatic heterocycles. The summed E-state index contributed by atoms with van der Waals surface area (Å²) < 4.78 is 32.6. The molecule has 0 aliphatic heterocycles. The van der Waals surface area contributed by atoms with Crippen LogP contribution < -0.4 is 5.32 Å². The Morgan fingerprint density at radius 3 is 2.37 bits per heavy atom. The van der Waals surface area contributed by atoms with Gasteiger partial charge in [0.2, 0.25) is 0 Å². The smallest absolute Gasteiger partial charge is 0.335 e. The number of carbonyl (C=O) groups is 1. The second-order valence-electron chi connectivity index (χ2n) is 8.27. The van der Waals surface area contributed by atoms with Gasteiger partial charge in [-0.3, -0.25) is 5.32 Å². The Hall–Kier alpha value is -2.35. The zero-order valence-corrected chi connectivity index (χ0v) is 16.5. The van der Waals surface area contributed by atoms with E-state index >= 15 is 0 Å². The lowest BCUT2D eigenvalue weighted by Gasteiger charge is -2.38. The van der Waals surface area contributed by atoms with Gasteiger partial charge in [0.25, 0.3) is 0 Å². The number of hydrogen-bond acceptors (Lipinski definition) is 4. The number of aliphatic hydroxyl groups is 1. The van der Waals surface area contributed by atoms with Crippen molar-refractivity contribution in [1.82, 2.24) is 5.32 Å². The van der Waals surface area contributed by atoms with Crippen molar-refractivity contribution >= 4 is 5.97 Å². The molecule has 0 bridgehead atoms. The van der Waals surface area contributed by atoms with Gasteiger partial charge in [0.05, 0.1) is 12.2 Å². The van der Waals surface area contributed by atoms with Crippen LogP contribution in [-0.4, -0.2) is 28.5 Å². The minimum Gasteiger partial charge on any atom is -0.478 e. The molecule has 0 amide bonds. The summed E-state index contributed by atoms with van der Waals surface area (Å²) in [5.74, 6) is -2.60. The van der Waals surface area contributed by atoms with Gasteiger partial charge in [0, 0.05) is 5.54 Å². The van der Waals surface area contributed by atoms with E-state index in [-0.39, 0.29) is 18.1 Å². The molecule has 2 fully saturated rings. The average molecular weight is 417 g/mol. The molecule has 0 radical (unpaired) electrons. The highest BCUT2D eigenvalue weighted by atomic mass is 19.2. The maximum atomic E-state index is 13.5. The summed E-state index contributed by atoms with van der Waals surface area (Å²) in [5, 5.41) is 23.3. The van der Waals surface area contributed by atoms with Crippen LogP contribution >= 0.6 is 0 Å². The molecule has 2 unspecified atom stereocenters. The third-order valence-corrected chi connectivity index (χ3v) is 6.21. The highest BCUT2D eigenvalue weighted by Gasteiger charge is 2.47. The van der Waals surface area contributed by atoms with Crippen molar-refractivity contribution in [3.8, 4) is 0 Å². The predicted molar refractivity (Wildman–Crippen MR) is 106 cm³/mol. The number of carboxylic acids is 1. The molecule has 4 rings (SSSR count). The van der Waals surface area contributed by atoms with Crippen LogP contribution in [0, 0.1) is 17.6 Å². The molecule has 5 nitrogen and oxygen atoms in total. The summed E-state index contributed by atoms with van der Waals surface area (Å²) in [4.78, 5) is 11.1. The van der Waals surface area contributed by atoms with E-state index in [2.05, 4.69) is 5.32 Å². The van der Waals surface area contributed by atoms with Gasteiger partial charge in [-0.05, 0) is 67.0 Å². The molecule has 0 spiro atoms. The van der Waals surface area contributed by atoms with E-state index in [0.29, 0.717) is 5.56 Å². The maximum absolute atomic E-state index is 13.5. The Bertz CT molecular complexity index is 910. The predicted octanol–water partition coefficient (Wildman–Crippen LogP) is 3.95. The van der Waals surface area contributed by atoms with Crippen LogP contribution in [0.5, 0.6) is 0 Å². The number of ether oxygens (including phenoxy) is 1. The van der Waals surface area contributed by atoms with Crippen molar-refractivity contribution in [2.24, 2.45) is 5.92 Å². The Balaban J connectivity index is 1.43. The van der Waals surface area contributed by atoms with Crippen molar-refractivity contribution in [1.29, 1.82) is 0 Å². The first-order valence-corrected chi connectivity index (χ1v) is 10.2. The van der Waals surface area contributed by atoms with Gasteiger partial charge >= 0.3 is 5.97 Å². The molecule has 2 aromatic rings. The normalized spacial score (nSPS) is 19.7. The van der Waals surface area contributed by atoms with Crippen LogP contribution in [0.4, 0.5) is 8.78 Å². The number of nitrogens with one attached hydrogen (secondary N) is 1. The van der Waals surface area contributed by atoms with Crippen molar-refractivity contribution in [2.75, 3.05) is 0 Å². The minimum atomic E-state index is -0.977. The number of aromatic carboxylic acids is 1. The zero-order valence-electron chi connectivity index (χ0n) is 16.5. The largest absolute Gasteiger partial charge is 0.478 e. The van der Waals surface area contributed by atoms with Crippen LogP contribution in [0.15, 0.2) is 42.5 Å². The topological polar surface area (TPSA) is 78.8 Å². The van der Waals surface area contributed by atoms with Gasteiger partial charge in [0.1, 0.15) is 12.3 Å². The fraction of sp³-hybridized carbons (Fsp3) is 0.435. The van der Waals surface area contributed by atoms with E-state index in [4.69, 9.17) is 9.84 Å². The quantitative estimate of drug-likeness (QED) is 0.539. The molecule has 30 heavy (non-hydrogen) atoms. The minimum absolute atomic E-state index is 0.0808. The number of carboxylic acid groups (broad SMARTS) is 1. The first-order valence-electron chi connectivity index (χ1n) is 10.2. The Morgan fingerprint density at radius 1 is 1.13 bits per heavy atom. The van der Waals surface area contributed by atoms with Crippen molar-refractivity contribution in [2.45, 2.75) is 56.6 Å². The standard InChI is InChI=1S/C23H25F2NO4/c24-18-9-4-14(12-19(18)25)13-30-20(15-2-1-3-15)21(27)26-23(10-11-23)17-7-5-16(6-8-17)22(28)29/h4-9,12,15,20-21,26-27H,1-3,10-11,13H2,(H,28,29). The second kappa shape index (κ2) is 8.41. The van der Waals surface area contributed by atoms with Crippen LogP contribution in [0.2, 0.25) is 0 Å². The third-order valence-electron chi connectivity index (χ3n) is 6.21. The fourth-order valence-electron chi connectivity index (χ4n) is 4.01. The van der Waals surface area contributed by atoms with Gasteiger partial charge < -0.3 is 14.9 Å². The van der Waals surface area contributed by atoms with Crippen LogP contribution in [0.3, 0.4) is 0 Å². The van der Waals surface area contributed by atoms with Crippen molar-refractivity contribution < 1.29 is 28.5 Å². The highest BCUT2D eigenvalue weighted by molar-refractivity contribution is 5.87. The maximum Gasteiger partial charge on any atom is 0.335 e. The summed E-state index contributed by atoms with van der Waals surface area (Å²) in [7, 11) is 0. The Kier molecular flexibility index (Phi) is 5.86. The molecule has 2 aliphatic carbocycles. The Labute approximate surface area is 173 Å². The van der Waals surface area contributed by atoms with Crippen LogP contribution in [0.1, 0.15) is 53.6 Å². The zero-order chi connectivity index (χ0) is 21.3. The average Bonchev–Trinajstić information content (AvgIpc) is 3.46. The van der Waals surface area contributed by atoms with E-state index in [9.17, 15) is 18.7 Å². The third kappa shape index (κ3) is 4.38. The lowest BCUT2D eigenvalue weighted by atomic mass is 9.80. The van der Waals surface area contributed by atoms with Gasteiger partial charge in [0.15, 0.2) is 11.6 Å². The lowest BCUT2D eigenvalue weighted by Crippen LogP contribution is -2.50. The SMILES string of the molecule is O=C(O)c1ccc(C2(NC(O)C(OCc3ccc(F)c(F)c3)C3CCC3)CC2)cc1. The number of benzene rings is 2. The number of hydrogen-bond donors (Lipinski definition) is 3. The van der Waals surface area contributed by atoms with E-state index in [0.717, 1.165) is 49.8 Å². The molecule has 2 aromatic carbocycles. The first-order chi connectivity index (χ1) is 14.4. The molecule has 7 heteroatoms. The molecular formula is C23H25F2NO4. The highest BCUT2D eigenvalue weighted by Crippen LogP contribution is 2.46. The molecule has 0 heterocycles. The number of rotatable bonds is 9. The fourth-order valence-corrected chi connectivity index (χ4v) is 4.01.